The molecule has 1 heterocycles. The van der Waals surface area contributed by atoms with Gasteiger partial charge in [0.25, 0.3) is 0 Å². The van der Waals surface area contributed by atoms with Crippen LogP contribution in [0.3, 0.4) is 0 Å². The summed E-state index contributed by atoms with van der Waals surface area (Å²) in [5, 5.41) is 3.52. The number of carbonyl (C=O) groups excluding carboxylic acids is 1. The van der Waals surface area contributed by atoms with Crippen LogP contribution in [0.4, 0.5) is 10.5 Å². The van der Waals surface area contributed by atoms with Gasteiger partial charge in [0, 0.05) is 30.9 Å². The van der Waals surface area contributed by atoms with Crippen molar-refractivity contribution in [2.45, 2.75) is 58.6 Å². The summed E-state index contributed by atoms with van der Waals surface area (Å²) >= 11 is 0. The quantitative estimate of drug-likeness (QED) is 0.873. The average molecular weight is 334 g/mol. The maximum Gasteiger partial charge on any atom is 0.410 e. The number of nitrogens with zero attached hydrogens (tertiary/aromatic N) is 1. The van der Waals surface area contributed by atoms with Crippen molar-refractivity contribution < 1.29 is 14.3 Å². The lowest BCUT2D eigenvalue weighted by Gasteiger charge is -2.34. The number of ether oxygens (including phenoxy) is 2. The topological polar surface area (TPSA) is 50.8 Å². The lowest BCUT2D eigenvalue weighted by Crippen LogP contribution is -2.46. The molecule has 5 heteroatoms. The number of nitrogens with one attached hydrogen (secondary N) is 1. The molecule has 0 aromatic heterocycles. The standard InChI is InChI=1S/C19H30N2O3/c1-5-12-23-17-10-6-8-15(13-17)20-16-9-7-11-21(14-16)18(22)24-19(2,3)4/h6,8,10,13,16,20H,5,7,9,11-12,14H2,1-4H3. The van der Waals surface area contributed by atoms with E-state index in [-0.39, 0.29) is 12.1 Å². The molecule has 1 aromatic rings. The van der Waals surface area contributed by atoms with E-state index in [1.165, 1.54) is 0 Å². The Labute approximate surface area is 145 Å². The van der Waals surface area contributed by atoms with E-state index < -0.39 is 5.60 Å². The second-order valence-electron chi connectivity index (χ2n) is 7.29. The first kappa shape index (κ1) is 18.4. The van der Waals surface area contributed by atoms with Gasteiger partial charge in [-0.1, -0.05) is 13.0 Å². The highest BCUT2D eigenvalue weighted by atomic mass is 16.6. The number of benzene rings is 1. The highest BCUT2D eigenvalue weighted by Crippen LogP contribution is 2.22. The van der Waals surface area contributed by atoms with Gasteiger partial charge in [-0.15, -0.1) is 0 Å². The monoisotopic (exact) mass is 334 g/mol. The van der Waals surface area contributed by atoms with Crippen LogP contribution in [0.2, 0.25) is 0 Å². The van der Waals surface area contributed by atoms with Gasteiger partial charge in [-0.3, -0.25) is 0 Å². The molecule has 1 aliphatic rings. The minimum Gasteiger partial charge on any atom is -0.494 e. The van der Waals surface area contributed by atoms with E-state index >= 15 is 0 Å². The SMILES string of the molecule is CCCOc1cccc(NC2CCCN(C(=O)OC(C)(C)C)C2)c1. The second kappa shape index (κ2) is 8.27. The summed E-state index contributed by atoms with van der Waals surface area (Å²) < 4.78 is 11.2. The van der Waals surface area contributed by atoms with Crippen LogP contribution >= 0.6 is 0 Å². The van der Waals surface area contributed by atoms with Crippen LogP contribution in [-0.4, -0.2) is 42.3 Å². The Bertz CT molecular complexity index is 540. The average Bonchev–Trinajstić information content (AvgIpc) is 2.52. The molecule has 1 fully saturated rings. The molecule has 1 aromatic carbocycles. The van der Waals surface area contributed by atoms with Crippen LogP contribution < -0.4 is 10.1 Å². The zero-order valence-electron chi connectivity index (χ0n) is 15.3. The number of piperidine rings is 1. The summed E-state index contributed by atoms with van der Waals surface area (Å²) in [5.41, 5.74) is 0.571. The lowest BCUT2D eigenvalue weighted by molar-refractivity contribution is 0.0206. The number of rotatable bonds is 5. The van der Waals surface area contributed by atoms with Crippen LogP contribution in [0, 0.1) is 0 Å². The van der Waals surface area contributed by atoms with Crippen molar-refractivity contribution in [2.24, 2.45) is 0 Å². The van der Waals surface area contributed by atoms with Crippen molar-refractivity contribution in [2.75, 3.05) is 25.0 Å². The zero-order chi connectivity index (χ0) is 17.6. The molecule has 0 spiro atoms. The van der Waals surface area contributed by atoms with Crippen molar-refractivity contribution in [3.63, 3.8) is 0 Å². The lowest BCUT2D eigenvalue weighted by atomic mass is 10.1. The van der Waals surface area contributed by atoms with Crippen LogP contribution in [0.1, 0.15) is 47.0 Å². The Morgan fingerprint density at radius 2 is 2.17 bits per heavy atom. The molecule has 1 aliphatic heterocycles. The van der Waals surface area contributed by atoms with Crippen molar-refractivity contribution >= 4 is 11.8 Å². The molecule has 5 nitrogen and oxygen atoms in total. The summed E-state index contributed by atoms with van der Waals surface area (Å²) in [6.07, 6.45) is 2.78. The van der Waals surface area contributed by atoms with E-state index in [1.54, 1.807) is 4.90 Å². The fourth-order valence-electron chi connectivity index (χ4n) is 2.72. The second-order valence-corrected chi connectivity index (χ2v) is 7.29. The molecule has 0 radical (unpaired) electrons. The number of likely N-dealkylation sites (tertiary alicyclic amines) is 1. The van der Waals surface area contributed by atoms with Crippen molar-refractivity contribution in [1.29, 1.82) is 0 Å². The fourth-order valence-corrected chi connectivity index (χ4v) is 2.72. The summed E-state index contributed by atoms with van der Waals surface area (Å²) in [6, 6.07) is 8.23. The van der Waals surface area contributed by atoms with Gasteiger partial charge in [-0.05, 0) is 52.2 Å². The smallest absolute Gasteiger partial charge is 0.410 e. The minimum atomic E-state index is -0.456. The molecule has 134 valence electrons. The number of anilines is 1. The first-order valence-electron chi connectivity index (χ1n) is 8.84. The third-order valence-electron chi connectivity index (χ3n) is 3.75. The van der Waals surface area contributed by atoms with E-state index in [1.807, 2.05) is 45.0 Å². The van der Waals surface area contributed by atoms with Crippen molar-refractivity contribution in [3.05, 3.63) is 24.3 Å². The fraction of sp³-hybridized carbons (Fsp3) is 0.632. The maximum atomic E-state index is 12.2. The van der Waals surface area contributed by atoms with E-state index in [0.717, 1.165) is 43.9 Å². The Morgan fingerprint density at radius 3 is 2.88 bits per heavy atom. The zero-order valence-corrected chi connectivity index (χ0v) is 15.3. The van der Waals surface area contributed by atoms with Crippen molar-refractivity contribution in [1.82, 2.24) is 4.90 Å². The van der Waals surface area contributed by atoms with Gasteiger partial charge in [0.1, 0.15) is 11.4 Å². The van der Waals surface area contributed by atoms with Gasteiger partial charge in [-0.25, -0.2) is 4.79 Å². The van der Waals surface area contributed by atoms with Crippen molar-refractivity contribution in [3.8, 4) is 5.75 Å². The highest BCUT2D eigenvalue weighted by molar-refractivity contribution is 5.68. The van der Waals surface area contributed by atoms with Gasteiger partial charge in [0.2, 0.25) is 0 Å². The van der Waals surface area contributed by atoms with Crippen LogP contribution in [0.5, 0.6) is 5.75 Å². The van der Waals surface area contributed by atoms with Gasteiger partial charge in [-0.2, -0.15) is 0 Å². The number of amides is 1. The Balaban J connectivity index is 1.92. The molecule has 1 unspecified atom stereocenters. The normalized spacial score (nSPS) is 18.2. The maximum absolute atomic E-state index is 12.2. The first-order chi connectivity index (χ1) is 11.4. The summed E-state index contributed by atoms with van der Waals surface area (Å²) in [6.45, 7) is 9.92. The number of hydrogen-bond donors (Lipinski definition) is 1. The Kier molecular flexibility index (Phi) is 6.35. The molecular formula is C19H30N2O3. The van der Waals surface area contributed by atoms with Gasteiger partial charge in [0.15, 0.2) is 0 Å². The van der Waals surface area contributed by atoms with Crippen LogP contribution in [-0.2, 0) is 4.74 Å². The number of hydrogen-bond acceptors (Lipinski definition) is 4. The molecule has 1 saturated heterocycles. The summed E-state index contributed by atoms with van der Waals surface area (Å²) in [7, 11) is 0. The van der Waals surface area contributed by atoms with E-state index in [9.17, 15) is 4.79 Å². The highest BCUT2D eigenvalue weighted by Gasteiger charge is 2.27. The predicted octanol–water partition coefficient (Wildman–Crippen LogP) is 4.29. The molecule has 1 N–H and O–H groups in total. The van der Waals surface area contributed by atoms with Gasteiger partial charge < -0.3 is 19.7 Å². The van der Waals surface area contributed by atoms with E-state index in [2.05, 4.69) is 12.2 Å². The minimum absolute atomic E-state index is 0.228. The third-order valence-corrected chi connectivity index (χ3v) is 3.75. The van der Waals surface area contributed by atoms with E-state index in [0.29, 0.717) is 6.54 Å². The number of carbonyl (C=O) groups is 1. The Morgan fingerprint density at radius 1 is 1.38 bits per heavy atom. The third kappa shape index (κ3) is 5.95. The largest absolute Gasteiger partial charge is 0.494 e. The molecule has 1 atom stereocenters. The molecule has 2 rings (SSSR count). The molecule has 0 saturated carbocycles. The molecule has 24 heavy (non-hydrogen) atoms. The summed E-state index contributed by atoms with van der Waals surface area (Å²) in [4.78, 5) is 14.0. The molecule has 0 bridgehead atoms. The summed E-state index contributed by atoms with van der Waals surface area (Å²) in [5.74, 6) is 0.877. The predicted molar refractivity (Wildman–Crippen MR) is 96.7 cm³/mol. The van der Waals surface area contributed by atoms with Crippen LogP contribution in [0.25, 0.3) is 0 Å². The van der Waals surface area contributed by atoms with E-state index in [4.69, 9.17) is 9.47 Å². The van der Waals surface area contributed by atoms with Gasteiger partial charge >= 0.3 is 6.09 Å². The molecule has 0 aliphatic carbocycles. The van der Waals surface area contributed by atoms with Crippen LogP contribution in [0.15, 0.2) is 24.3 Å². The van der Waals surface area contributed by atoms with Gasteiger partial charge in [0.05, 0.1) is 6.61 Å². The molecular weight excluding hydrogens is 304 g/mol. The Hall–Kier alpha value is -1.91. The molecule has 1 amide bonds. The first-order valence-corrected chi connectivity index (χ1v) is 8.84.